The molecule has 0 radical (unpaired) electrons. The summed E-state index contributed by atoms with van der Waals surface area (Å²) in [6.07, 6.45) is 0. The fourth-order valence-electron chi connectivity index (χ4n) is 2.23. The molecule has 0 aliphatic rings. The van der Waals surface area contributed by atoms with Crippen molar-refractivity contribution in [1.29, 1.82) is 0 Å². The van der Waals surface area contributed by atoms with E-state index in [9.17, 15) is 9.59 Å². The molecule has 0 atom stereocenters. The molecule has 23 heavy (non-hydrogen) atoms. The molecule has 0 spiro atoms. The van der Waals surface area contributed by atoms with Crippen LogP contribution in [0.1, 0.15) is 35.9 Å². The lowest BCUT2D eigenvalue weighted by Gasteiger charge is -2.12. The highest BCUT2D eigenvalue weighted by Crippen LogP contribution is 2.23. The summed E-state index contributed by atoms with van der Waals surface area (Å²) in [5, 5.41) is 19.3. The first-order valence-corrected chi connectivity index (χ1v) is 7.03. The number of aromatic carboxylic acids is 1. The number of benzene rings is 1. The van der Waals surface area contributed by atoms with Crippen LogP contribution in [-0.2, 0) is 11.3 Å². The van der Waals surface area contributed by atoms with E-state index in [0.29, 0.717) is 17.1 Å². The second kappa shape index (κ2) is 6.91. The van der Waals surface area contributed by atoms with Crippen LogP contribution in [-0.4, -0.2) is 39.1 Å². The lowest BCUT2D eigenvalue weighted by Crippen LogP contribution is -2.22. The smallest absolute Gasteiger partial charge is 0.358 e. The molecule has 1 heterocycles. The molecule has 8 nitrogen and oxygen atoms in total. The monoisotopic (exact) mass is 318 g/mol. The van der Waals surface area contributed by atoms with Gasteiger partial charge in [0.05, 0.1) is 18.5 Å². The number of hydrogen-bond acceptors (Lipinski definition) is 5. The molecule has 0 saturated carbocycles. The second-order valence-electron chi connectivity index (χ2n) is 5.19. The molecule has 2 N–H and O–H groups in total. The maximum absolute atomic E-state index is 12.2. The minimum atomic E-state index is -1.16. The second-order valence-corrected chi connectivity index (χ2v) is 5.19. The number of anilines is 1. The van der Waals surface area contributed by atoms with Crippen molar-refractivity contribution in [3.63, 3.8) is 0 Å². The van der Waals surface area contributed by atoms with E-state index in [1.807, 2.05) is 13.8 Å². The Kier molecular flexibility index (Phi) is 4.95. The summed E-state index contributed by atoms with van der Waals surface area (Å²) < 4.78 is 6.47. The number of amides is 1. The quantitative estimate of drug-likeness (QED) is 0.840. The summed E-state index contributed by atoms with van der Waals surface area (Å²) in [6.45, 7) is 3.51. The molecule has 2 rings (SSSR count). The molecule has 0 bridgehead atoms. The van der Waals surface area contributed by atoms with Crippen LogP contribution in [0.15, 0.2) is 24.3 Å². The number of carbonyl (C=O) groups excluding carboxylic acids is 1. The van der Waals surface area contributed by atoms with Gasteiger partial charge in [-0.3, -0.25) is 4.79 Å². The van der Waals surface area contributed by atoms with E-state index in [4.69, 9.17) is 9.84 Å². The topological polar surface area (TPSA) is 106 Å². The van der Waals surface area contributed by atoms with E-state index in [1.54, 1.807) is 24.3 Å². The number of hydrogen-bond donors (Lipinski definition) is 2. The van der Waals surface area contributed by atoms with E-state index in [0.717, 1.165) is 0 Å². The van der Waals surface area contributed by atoms with Crippen LogP contribution in [0, 0.1) is 0 Å². The Hall–Kier alpha value is -2.90. The van der Waals surface area contributed by atoms with Crippen molar-refractivity contribution < 1.29 is 19.4 Å². The number of aromatic nitrogens is 3. The first-order chi connectivity index (χ1) is 10.9. The number of carboxylic acid groups (broad SMARTS) is 1. The van der Waals surface area contributed by atoms with Gasteiger partial charge in [0, 0.05) is 0 Å². The van der Waals surface area contributed by atoms with Crippen LogP contribution in [0.25, 0.3) is 0 Å². The third-order valence-corrected chi connectivity index (χ3v) is 3.20. The van der Waals surface area contributed by atoms with Gasteiger partial charge in [-0.25, -0.2) is 9.48 Å². The van der Waals surface area contributed by atoms with Gasteiger partial charge >= 0.3 is 5.97 Å². The molecule has 0 fully saturated rings. The molecule has 1 aromatic carbocycles. The highest BCUT2D eigenvalue weighted by Gasteiger charge is 2.22. The highest BCUT2D eigenvalue weighted by atomic mass is 16.5. The standard InChI is InChI=1S/C15H18N4O4/c1-9(2)14-13(15(21)22)17-18-19(14)8-12(20)16-10-6-4-5-7-11(10)23-3/h4-7,9H,8H2,1-3H3,(H,16,20)(H,21,22). The maximum Gasteiger partial charge on any atom is 0.358 e. The van der Waals surface area contributed by atoms with Crippen molar-refractivity contribution in [2.75, 3.05) is 12.4 Å². The lowest BCUT2D eigenvalue weighted by atomic mass is 10.1. The van der Waals surface area contributed by atoms with Gasteiger partial charge < -0.3 is 15.2 Å². The summed E-state index contributed by atoms with van der Waals surface area (Å²) >= 11 is 0. The van der Waals surface area contributed by atoms with Gasteiger partial charge in [0.15, 0.2) is 5.69 Å². The number of rotatable bonds is 6. The van der Waals surface area contributed by atoms with Crippen molar-refractivity contribution >= 4 is 17.6 Å². The minimum Gasteiger partial charge on any atom is -0.495 e. The number of methoxy groups -OCH3 is 1. The fraction of sp³-hybridized carbons (Fsp3) is 0.333. The third kappa shape index (κ3) is 3.65. The van der Waals surface area contributed by atoms with Crippen LogP contribution < -0.4 is 10.1 Å². The average molecular weight is 318 g/mol. The largest absolute Gasteiger partial charge is 0.495 e. The predicted octanol–water partition coefficient (Wildman–Crippen LogP) is 1.75. The third-order valence-electron chi connectivity index (χ3n) is 3.20. The summed E-state index contributed by atoms with van der Waals surface area (Å²) in [5.74, 6) is -1.10. The Labute approximate surface area is 133 Å². The van der Waals surface area contributed by atoms with Gasteiger partial charge in [0.1, 0.15) is 12.3 Å². The van der Waals surface area contributed by atoms with Gasteiger partial charge in [-0.1, -0.05) is 31.2 Å². The summed E-state index contributed by atoms with van der Waals surface area (Å²) in [5.41, 5.74) is 0.808. The Morgan fingerprint density at radius 3 is 2.65 bits per heavy atom. The predicted molar refractivity (Wildman–Crippen MR) is 82.7 cm³/mol. The zero-order valence-electron chi connectivity index (χ0n) is 13.1. The van der Waals surface area contributed by atoms with E-state index in [2.05, 4.69) is 15.6 Å². The SMILES string of the molecule is COc1ccccc1NC(=O)Cn1nnc(C(=O)O)c1C(C)C. The van der Waals surface area contributed by atoms with Crippen molar-refractivity contribution in [2.24, 2.45) is 0 Å². The number of carboxylic acids is 1. The first-order valence-electron chi connectivity index (χ1n) is 7.03. The molecule has 1 aromatic heterocycles. The molecule has 8 heteroatoms. The molecule has 0 aliphatic carbocycles. The van der Waals surface area contributed by atoms with E-state index >= 15 is 0 Å². The van der Waals surface area contributed by atoms with Gasteiger partial charge in [0.25, 0.3) is 0 Å². The molecule has 0 aliphatic heterocycles. The summed E-state index contributed by atoms with van der Waals surface area (Å²) in [4.78, 5) is 23.4. The number of nitrogens with one attached hydrogen (secondary N) is 1. The molecular weight excluding hydrogens is 300 g/mol. The van der Waals surface area contributed by atoms with E-state index in [1.165, 1.54) is 11.8 Å². The fourth-order valence-corrected chi connectivity index (χ4v) is 2.23. The zero-order chi connectivity index (χ0) is 17.0. The molecule has 122 valence electrons. The van der Waals surface area contributed by atoms with Crippen LogP contribution >= 0.6 is 0 Å². The minimum absolute atomic E-state index is 0.129. The summed E-state index contributed by atoms with van der Waals surface area (Å²) in [7, 11) is 1.51. The number of para-hydroxylation sites is 2. The average Bonchev–Trinajstić information content (AvgIpc) is 2.91. The van der Waals surface area contributed by atoms with Crippen molar-refractivity contribution in [3.8, 4) is 5.75 Å². The molecule has 0 saturated heterocycles. The van der Waals surface area contributed by atoms with Crippen molar-refractivity contribution in [1.82, 2.24) is 15.0 Å². The molecular formula is C15H18N4O4. The highest BCUT2D eigenvalue weighted by molar-refractivity contribution is 5.92. The number of ether oxygens (including phenoxy) is 1. The van der Waals surface area contributed by atoms with Gasteiger partial charge in [0.2, 0.25) is 5.91 Å². The van der Waals surface area contributed by atoms with Crippen molar-refractivity contribution in [2.45, 2.75) is 26.3 Å². The van der Waals surface area contributed by atoms with E-state index < -0.39 is 5.97 Å². The maximum atomic E-state index is 12.2. The molecule has 2 aromatic rings. The Bertz CT molecular complexity index is 724. The Morgan fingerprint density at radius 2 is 2.04 bits per heavy atom. The summed E-state index contributed by atoms with van der Waals surface area (Å²) in [6, 6.07) is 7.01. The van der Waals surface area contributed by atoms with Gasteiger partial charge in [-0.2, -0.15) is 0 Å². The van der Waals surface area contributed by atoms with Crippen LogP contribution in [0.2, 0.25) is 0 Å². The molecule has 1 amide bonds. The van der Waals surface area contributed by atoms with Crippen LogP contribution in [0.4, 0.5) is 5.69 Å². The molecule has 0 unspecified atom stereocenters. The first kappa shape index (κ1) is 16.5. The Balaban J connectivity index is 2.19. The normalized spacial score (nSPS) is 10.6. The van der Waals surface area contributed by atoms with Gasteiger partial charge in [-0.05, 0) is 18.1 Å². The van der Waals surface area contributed by atoms with Crippen molar-refractivity contribution in [3.05, 3.63) is 35.7 Å². The lowest BCUT2D eigenvalue weighted by molar-refractivity contribution is -0.117. The Morgan fingerprint density at radius 1 is 1.35 bits per heavy atom. The van der Waals surface area contributed by atoms with Crippen LogP contribution in [0.5, 0.6) is 5.75 Å². The number of carbonyl (C=O) groups is 2. The number of nitrogens with zero attached hydrogens (tertiary/aromatic N) is 3. The zero-order valence-corrected chi connectivity index (χ0v) is 13.1. The van der Waals surface area contributed by atoms with Gasteiger partial charge in [-0.15, -0.1) is 5.10 Å². The van der Waals surface area contributed by atoms with Crippen LogP contribution in [0.3, 0.4) is 0 Å². The van der Waals surface area contributed by atoms with E-state index in [-0.39, 0.29) is 24.1 Å².